The van der Waals surface area contributed by atoms with Crippen LogP contribution in [0.1, 0.15) is 33.3 Å². The molecule has 0 bridgehead atoms. The molecule has 0 fully saturated rings. The first-order valence-electron chi connectivity index (χ1n) is 6.20. The van der Waals surface area contributed by atoms with Crippen molar-refractivity contribution in [1.82, 2.24) is 9.97 Å². The number of hydrogen-bond donors (Lipinski definition) is 0. The number of aryl methyl sites for hydroxylation is 1. The van der Waals surface area contributed by atoms with Crippen molar-refractivity contribution < 1.29 is 0 Å². The standard InChI is InChI=1S/C11H10N2.2C2H6/c1-9-3-5-10(6-4-9)11-12-7-2-8-13-11;2*1-2/h2-8H,1H3;2*1-2H3. The van der Waals surface area contributed by atoms with E-state index in [0.29, 0.717) is 0 Å². The van der Waals surface area contributed by atoms with Gasteiger partial charge in [-0.15, -0.1) is 0 Å². The molecule has 92 valence electrons. The molecule has 2 nitrogen and oxygen atoms in total. The van der Waals surface area contributed by atoms with Crippen molar-refractivity contribution in [3.63, 3.8) is 0 Å². The monoisotopic (exact) mass is 230 g/mol. The van der Waals surface area contributed by atoms with Crippen LogP contribution in [-0.2, 0) is 0 Å². The van der Waals surface area contributed by atoms with Gasteiger partial charge in [-0.2, -0.15) is 0 Å². The molecule has 2 aromatic rings. The van der Waals surface area contributed by atoms with E-state index in [1.807, 2.05) is 45.9 Å². The lowest BCUT2D eigenvalue weighted by molar-refractivity contribution is 1.17. The van der Waals surface area contributed by atoms with E-state index in [1.54, 1.807) is 12.4 Å². The van der Waals surface area contributed by atoms with Gasteiger partial charge in [0.2, 0.25) is 0 Å². The summed E-state index contributed by atoms with van der Waals surface area (Å²) in [7, 11) is 0. The van der Waals surface area contributed by atoms with E-state index in [2.05, 4.69) is 29.0 Å². The summed E-state index contributed by atoms with van der Waals surface area (Å²) >= 11 is 0. The zero-order valence-corrected chi connectivity index (χ0v) is 11.4. The van der Waals surface area contributed by atoms with E-state index >= 15 is 0 Å². The molecular formula is C15H22N2. The van der Waals surface area contributed by atoms with Crippen LogP contribution in [0.15, 0.2) is 42.7 Å². The highest BCUT2D eigenvalue weighted by Gasteiger charge is 1.97. The van der Waals surface area contributed by atoms with Crippen LogP contribution in [0, 0.1) is 6.92 Å². The molecule has 0 N–H and O–H groups in total. The van der Waals surface area contributed by atoms with Gasteiger partial charge in [-0.3, -0.25) is 0 Å². The maximum Gasteiger partial charge on any atom is 0.159 e. The molecule has 0 aliphatic heterocycles. The molecule has 0 aliphatic carbocycles. The number of nitrogens with zero attached hydrogens (tertiary/aromatic N) is 2. The Hall–Kier alpha value is -1.70. The van der Waals surface area contributed by atoms with E-state index in [9.17, 15) is 0 Å². The SMILES string of the molecule is CC.CC.Cc1ccc(-c2ncccn2)cc1. The third kappa shape index (κ3) is 5.25. The van der Waals surface area contributed by atoms with Gasteiger partial charge < -0.3 is 0 Å². The van der Waals surface area contributed by atoms with Gasteiger partial charge in [0.15, 0.2) is 5.82 Å². The third-order valence-electron chi connectivity index (χ3n) is 1.88. The van der Waals surface area contributed by atoms with Gasteiger partial charge in [-0.05, 0) is 13.0 Å². The third-order valence-corrected chi connectivity index (χ3v) is 1.88. The molecule has 0 amide bonds. The van der Waals surface area contributed by atoms with E-state index in [4.69, 9.17) is 0 Å². The van der Waals surface area contributed by atoms with Crippen LogP contribution in [0.3, 0.4) is 0 Å². The number of hydrogen-bond acceptors (Lipinski definition) is 2. The van der Waals surface area contributed by atoms with Gasteiger partial charge in [-0.1, -0.05) is 57.5 Å². The van der Waals surface area contributed by atoms with E-state index in [0.717, 1.165) is 11.4 Å². The minimum atomic E-state index is 0.780. The zero-order valence-electron chi connectivity index (χ0n) is 11.4. The van der Waals surface area contributed by atoms with Gasteiger partial charge in [0.05, 0.1) is 0 Å². The second kappa shape index (κ2) is 9.52. The fourth-order valence-corrected chi connectivity index (χ4v) is 1.15. The Bertz CT molecular complexity index is 379. The van der Waals surface area contributed by atoms with Gasteiger partial charge in [0.25, 0.3) is 0 Å². The van der Waals surface area contributed by atoms with Crippen LogP contribution < -0.4 is 0 Å². The van der Waals surface area contributed by atoms with Crippen molar-refractivity contribution in [2.24, 2.45) is 0 Å². The van der Waals surface area contributed by atoms with Crippen LogP contribution in [-0.4, -0.2) is 9.97 Å². The van der Waals surface area contributed by atoms with Crippen molar-refractivity contribution in [3.05, 3.63) is 48.3 Å². The van der Waals surface area contributed by atoms with E-state index in [1.165, 1.54) is 5.56 Å². The Morgan fingerprint density at radius 2 is 1.24 bits per heavy atom. The van der Waals surface area contributed by atoms with Crippen molar-refractivity contribution in [2.45, 2.75) is 34.6 Å². The molecule has 1 aromatic carbocycles. The molecule has 17 heavy (non-hydrogen) atoms. The Kier molecular flexibility index (Phi) is 8.57. The maximum atomic E-state index is 4.17. The lowest BCUT2D eigenvalue weighted by Crippen LogP contribution is -1.85. The summed E-state index contributed by atoms with van der Waals surface area (Å²) in [6.07, 6.45) is 3.50. The molecule has 1 aromatic heterocycles. The first kappa shape index (κ1) is 15.3. The normalized spacial score (nSPS) is 8.29. The molecule has 1 heterocycles. The summed E-state index contributed by atoms with van der Waals surface area (Å²) in [6.45, 7) is 10.1. The lowest BCUT2D eigenvalue weighted by atomic mass is 10.1. The molecule has 0 atom stereocenters. The highest BCUT2D eigenvalue weighted by atomic mass is 14.8. The van der Waals surface area contributed by atoms with Gasteiger partial charge >= 0.3 is 0 Å². The molecule has 0 spiro atoms. The second-order valence-corrected chi connectivity index (χ2v) is 2.94. The van der Waals surface area contributed by atoms with E-state index < -0.39 is 0 Å². The quantitative estimate of drug-likeness (QED) is 0.720. The molecule has 0 saturated carbocycles. The number of rotatable bonds is 1. The Balaban J connectivity index is 0.000000581. The Labute approximate surface area is 105 Å². The number of aromatic nitrogens is 2. The summed E-state index contributed by atoms with van der Waals surface area (Å²) in [4.78, 5) is 8.34. The minimum Gasteiger partial charge on any atom is -0.237 e. The zero-order chi connectivity index (χ0) is 13.1. The Morgan fingerprint density at radius 1 is 0.765 bits per heavy atom. The first-order valence-corrected chi connectivity index (χ1v) is 6.20. The van der Waals surface area contributed by atoms with Crippen LogP contribution in [0.4, 0.5) is 0 Å². The van der Waals surface area contributed by atoms with Crippen molar-refractivity contribution >= 4 is 0 Å². The molecule has 0 saturated heterocycles. The summed E-state index contributed by atoms with van der Waals surface area (Å²) in [5.74, 6) is 0.780. The minimum absolute atomic E-state index is 0.780. The average Bonchev–Trinajstić information content (AvgIpc) is 2.45. The fraction of sp³-hybridized carbons (Fsp3) is 0.333. The Morgan fingerprint density at radius 3 is 1.71 bits per heavy atom. The predicted molar refractivity (Wildman–Crippen MR) is 74.9 cm³/mol. The van der Waals surface area contributed by atoms with Crippen LogP contribution in [0.25, 0.3) is 11.4 Å². The fourth-order valence-electron chi connectivity index (χ4n) is 1.15. The van der Waals surface area contributed by atoms with Crippen molar-refractivity contribution in [1.29, 1.82) is 0 Å². The number of benzene rings is 1. The first-order chi connectivity index (χ1) is 8.36. The second-order valence-electron chi connectivity index (χ2n) is 2.94. The molecule has 0 aliphatic rings. The highest BCUT2D eigenvalue weighted by molar-refractivity contribution is 5.54. The summed E-state index contributed by atoms with van der Waals surface area (Å²) < 4.78 is 0. The summed E-state index contributed by atoms with van der Waals surface area (Å²) in [5.41, 5.74) is 2.31. The van der Waals surface area contributed by atoms with Gasteiger partial charge in [0, 0.05) is 18.0 Å². The van der Waals surface area contributed by atoms with Crippen LogP contribution in [0.5, 0.6) is 0 Å². The molecule has 2 heteroatoms. The van der Waals surface area contributed by atoms with Gasteiger partial charge in [0.1, 0.15) is 0 Å². The smallest absolute Gasteiger partial charge is 0.159 e. The molecule has 2 rings (SSSR count). The molecule has 0 radical (unpaired) electrons. The lowest BCUT2D eigenvalue weighted by Gasteiger charge is -1.98. The average molecular weight is 230 g/mol. The van der Waals surface area contributed by atoms with Crippen LogP contribution in [0.2, 0.25) is 0 Å². The largest absolute Gasteiger partial charge is 0.237 e. The van der Waals surface area contributed by atoms with Crippen molar-refractivity contribution in [3.8, 4) is 11.4 Å². The van der Waals surface area contributed by atoms with Gasteiger partial charge in [-0.25, -0.2) is 9.97 Å². The molecular weight excluding hydrogens is 208 g/mol. The maximum absolute atomic E-state index is 4.17. The highest BCUT2D eigenvalue weighted by Crippen LogP contribution is 2.13. The van der Waals surface area contributed by atoms with Crippen molar-refractivity contribution in [2.75, 3.05) is 0 Å². The topological polar surface area (TPSA) is 25.8 Å². The summed E-state index contributed by atoms with van der Waals surface area (Å²) in [6, 6.07) is 10.0. The molecule has 0 unspecified atom stereocenters. The van der Waals surface area contributed by atoms with Crippen LogP contribution >= 0.6 is 0 Å². The summed E-state index contributed by atoms with van der Waals surface area (Å²) in [5, 5.41) is 0. The predicted octanol–water partition coefficient (Wildman–Crippen LogP) is 4.50. The van der Waals surface area contributed by atoms with E-state index in [-0.39, 0.29) is 0 Å².